The van der Waals surface area contributed by atoms with Gasteiger partial charge in [0.15, 0.2) is 25.3 Å². The average Bonchev–Trinajstić information content (AvgIpc) is 3.84. The van der Waals surface area contributed by atoms with Crippen molar-refractivity contribution >= 4 is 31.2 Å². The number of hydrogen-bond acceptors (Lipinski definition) is 9. The third-order valence-electron chi connectivity index (χ3n) is 11.0. The highest BCUT2D eigenvalue weighted by Crippen LogP contribution is 2.46. The molecule has 1 fully saturated rings. The van der Waals surface area contributed by atoms with E-state index >= 15 is 0 Å². The molecular formula is C44H49N5O6Si. The minimum absolute atomic E-state index is 0.0145. The van der Waals surface area contributed by atoms with Crippen LogP contribution in [0, 0.1) is 0 Å². The van der Waals surface area contributed by atoms with E-state index in [-0.39, 0.29) is 10.9 Å². The summed E-state index contributed by atoms with van der Waals surface area (Å²) in [5.41, 5.74) is 3.20. The number of hydrogen-bond donors (Lipinski definition) is 1. The van der Waals surface area contributed by atoms with Gasteiger partial charge in [-0.05, 0) is 71.2 Å². The minimum Gasteiger partial charge on any atom is -0.497 e. The number of imidazole rings is 1. The summed E-state index contributed by atoms with van der Waals surface area (Å²) in [5, 5.41) is 2.90. The molecule has 12 heteroatoms. The summed E-state index contributed by atoms with van der Waals surface area (Å²) < 4.78 is 34.5. The SMILES string of the molecule is COc1ccc(C(O[C@H]2C[C@@H](n3cnc4c(NC(=O)c5ccccc5)ncnc43)O[C@@H]2CO[Si](C)(C)C(C)(C)C)(c2ccccc2)c2ccc(OC)cc2)cc1. The smallest absolute Gasteiger partial charge is 0.256 e. The summed E-state index contributed by atoms with van der Waals surface area (Å²) in [7, 11) is 1.12. The van der Waals surface area contributed by atoms with Gasteiger partial charge in [-0.1, -0.05) is 93.6 Å². The number of aromatic nitrogens is 4. The zero-order chi connectivity index (χ0) is 39.5. The number of fused-ring (bicyclic) bond motifs is 1. The van der Waals surface area contributed by atoms with Gasteiger partial charge >= 0.3 is 0 Å². The highest BCUT2D eigenvalue weighted by atomic mass is 28.4. The molecule has 290 valence electrons. The first kappa shape index (κ1) is 38.9. The number of methoxy groups -OCH3 is 2. The van der Waals surface area contributed by atoms with Gasteiger partial charge in [0.1, 0.15) is 35.8 Å². The molecule has 1 saturated heterocycles. The van der Waals surface area contributed by atoms with E-state index in [0.29, 0.717) is 35.6 Å². The van der Waals surface area contributed by atoms with Crippen LogP contribution in [-0.4, -0.2) is 66.8 Å². The fraction of sp³-hybridized carbons (Fsp3) is 0.318. The highest BCUT2D eigenvalue weighted by molar-refractivity contribution is 6.74. The zero-order valence-corrected chi connectivity index (χ0v) is 33.9. The molecule has 0 saturated carbocycles. The van der Waals surface area contributed by atoms with E-state index in [9.17, 15) is 4.79 Å². The monoisotopic (exact) mass is 771 g/mol. The Morgan fingerprint density at radius 3 is 1.95 bits per heavy atom. The molecule has 1 aliphatic heterocycles. The Labute approximate surface area is 329 Å². The third kappa shape index (κ3) is 7.70. The van der Waals surface area contributed by atoms with Gasteiger partial charge in [-0.25, -0.2) is 15.0 Å². The lowest BCUT2D eigenvalue weighted by Crippen LogP contribution is -2.46. The molecule has 0 aliphatic carbocycles. The van der Waals surface area contributed by atoms with Crippen molar-refractivity contribution in [3.8, 4) is 11.5 Å². The molecule has 0 radical (unpaired) electrons. The van der Waals surface area contributed by atoms with Gasteiger partial charge in [-0.15, -0.1) is 0 Å². The number of ether oxygens (including phenoxy) is 4. The quantitative estimate of drug-likeness (QED) is 0.0908. The van der Waals surface area contributed by atoms with Crippen molar-refractivity contribution in [2.45, 2.75) is 69.4 Å². The predicted octanol–water partition coefficient (Wildman–Crippen LogP) is 8.78. The Morgan fingerprint density at radius 1 is 0.804 bits per heavy atom. The maximum Gasteiger partial charge on any atom is 0.256 e. The Kier molecular flexibility index (Phi) is 11.1. The van der Waals surface area contributed by atoms with Crippen molar-refractivity contribution < 1.29 is 28.2 Å². The van der Waals surface area contributed by atoms with Crippen LogP contribution in [0.15, 0.2) is 122 Å². The van der Waals surface area contributed by atoms with Crippen LogP contribution in [0.25, 0.3) is 11.2 Å². The Morgan fingerprint density at radius 2 is 1.38 bits per heavy atom. The third-order valence-corrected chi connectivity index (χ3v) is 15.5. The number of nitrogens with zero attached hydrogens (tertiary/aromatic N) is 4. The second kappa shape index (κ2) is 16.0. The topological polar surface area (TPSA) is 119 Å². The van der Waals surface area contributed by atoms with Crippen molar-refractivity contribution in [3.63, 3.8) is 0 Å². The van der Waals surface area contributed by atoms with Crippen LogP contribution >= 0.6 is 0 Å². The lowest BCUT2D eigenvalue weighted by atomic mass is 9.79. The van der Waals surface area contributed by atoms with Crippen molar-refractivity contribution in [2.75, 3.05) is 26.1 Å². The molecule has 1 N–H and O–H groups in total. The van der Waals surface area contributed by atoms with Crippen LogP contribution in [0.2, 0.25) is 18.1 Å². The van der Waals surface area contributed by atoms with Crippen LogP contribution in [0.5, 0.6) is 11.5 Å². The van der Waals surface area contributed by atoms with Gasteiger partial charge in [0.2, 0.25) is 0 Å². The fourth-order valence-electron chi connectivity index (χ4n) is 6.83. The van der Waals surface area contributed by atoms with E-state index in [2.05, 4.69) is 90.5 Å². The molecule has 0 spiro atoms. The van der Waals surface area contributed by atoms with Crippen molar-refractivity contribution in [1.82, 2.24) is 19.5 Å². The molecule has 6 aromatic rings. The number of nitrogens with one attached hydrogen (secondary N) is 1. The number of rotatable bonds is 13. The standard InChI is InChI=1S/C44H49N5O6Si/c1-43(2,3)56(6,7)53-27-37-36(26-38(54-37)49-29-47-39-40(45-28-46-41(39)49)48-42(50)30-14-10-8-11-15-30)55-44(31-16-12-9-13-17-31,32-18-22-34(51-4)23-19-32)33-20-24-35(52-5)25-21-33/h8-25,28-29,36-38H,26-27H2,1-7H3,(H,45,46,48,50)/t36-,37+,38-/m0/s1. The van der Waals surface area contributed by atoms with Gasteiger partial charge in [0.25, 0.3) is 5.91 Å². The normalized spacial score (nSPS) is 17.5. The molecule has 56 heavy (non-hydrogen) atoms. The predicted molar refractivity (Wildman–Crippen MR) is 219 cm³/mol. The second-order valence-electron chi connectivity index (χ2n) is 15.5. The van der Waals surface area contributed by atoms with Gasteiger partial charge in [0, 0.05) is 12.0 Å². The number of carbonyl (C=O) groups excluding carboxylic acids is 1. The largest absolute Gasteiger partial charge is 0.497 e. The molecule has 11 nitrogen and oxygen atoms in total. The van der Waals surface area contributed by atoms with E-state index in [1.165, 1.54) is 6.33 Å². The van der Waals surface area contributed by atoms with Crippen LogP contribution in [0.3, 0.4) is 0 Å². The van der Waals surface area contributed by atoms with Gasteiger partial charge < -0.3 is 28.7 Å². The molecular weight excluding hydrogens is 723 g/mol. The number of benzene rings is 4. The van der Waals surface area contributed by atoms with Gasteiger partial charge in [0.05, 0.1) is 33.3 Å². The maximum atomic E-state index is 13.1. The molecule has 1 amide bonds. The van der Waals surface area contributed by atoms with E-state index in [1.54, 1.807) is 32.7 Å². The summed E-state index contributed by atoms with van der Waals surface area (Å²) in [6.45, 7) is 11.5. The highest BCUT2D eigenvalue weighted by Gasteiger charge is 2.48. The molecule has 4 aromatic carbocycles. The molecule has 0 unspecified atom stereocenters. The lowest BCUT2D eigenvalue weighted by molar-refractivity contribution is -0.0971. The van der Waals surface area contributed by atoms with Crippen LogP contribution < -0.4 is 14.8 Å². The van der Waals surface area contributed by atoms with Crippen molar-refractivity contribution in [3.05, 3.63) is 144 Å². The summed E-state index contributed by atoms with van der Waals surface area (Å²) in [5.74, 6) is 1.50. The van der Waals surface area contributed by atoms with Gasteiger partial charge in [-0.2, -0.15) is 0 Å². The lowest BCUT2D eigenvalue weighted by Gasteiger charge is -2.40. The summed E-state index contributed by atoms with van der Waals surface area (Å²) in [6.07, 6.45) is 2.11. The molecule has 3 heterocycles. The molecule has 1 aliphatic rings. The van der Waals surface area contributed by atoms with Crippen LogP contribution in [0.1, 0.15) is 60.5 Å². The number of carbonyl (C=O) groups is 1. The second-order valence-corrected chi connectivity index (χ2v) is 20.3. The number of anilines is 1. The van der Waals surface area contributed by atoms with E-state index in [1.807, 2.05) is 65.2 Å². The Balaban J connectivity index is 1.31. The van der Waals surface area contributed by atoms with Crippen LogP contribution in [-0.2, 0) is 19.5 Å². The zero-order valence-electron chi connectivity index (χ0n) is 32.9. The minimum atomic E-state index is -2.20. The summed E-state index contributed by atoms with van der Waals surface area (Å²) in [6, 6.07) is 35.3. The Bertz CT molecular complexity index is 2200. The van der Waals surface area contributed by atoms with Crippen molar-refractivity contribution in [1.29, 1.82) is 0 Å². The van der Waals surface area contributed by atoms with Gasteiger partial charge in [-0.3, -0.25) is 9.36 Å². The molecule has 0 bridgehead atoms. The molecule has 2 aromatic heterocycles. The molecule has 3 atom stereocenters. The van der Waals surface area contributed by atoms with E-state index in [4.69, 9.17) is 23.4 Å². The molecule has 7 rings (SSSR count). The first-order valence-electron chi connectivity index (χ1n) is 18.8. The summed E-state index contributed by atoms with van der Waals surface area (Å²) in [4.78, 5) is 26.8. The van der Waals surface area contributed by atoms with E-state index in [0.717, 1.165) is 28.2 Å². The first-order valence-corrected chi connectivity index (χ1v) is 21.7. The fourth-order valence-corrected chi connectivity index (χ4v) is 7.85. The van der Waals surface area contributed by atoms with Crippen molar-refractivity contribution in [2.24, 2.45) is 0 Å². The maximum absolute atomic E-state index is 13.1. The number of amides is 1. The van der Waals surface area contributed by atoms with Crippen LogP contribution in [0.4, 0.5) is 5.82 Å². The summed E-state index contributed by atoms with van der Waals surface area (Å²) >= 11 is 0. The average molecular weight is 772 g/mol. The first-order chi connectivity index (χ1) is 26.9. The van der Waals surface area contributed by atoms with E-state index < -0.39 is 32.4 Å². The Hall–Kier alpha value is -5.40.